The summed E-state index contributed by atoms with van der Waals surface area (Å²) in [5, 5.41) is 25.7. The molecule has 0 unspecified atom stereocenters. The van der Waals surface area contributed by atoms with Gasteiger partial charge in [0.05, 0.1) is 18.9 Å². The molecule has 5 nitrogen and oxygen atoms in total. The molecule has 88 valence electrons. The Balaban J connectivity index is 2.97. The minimum absolute atomic E-state index is 0.0393. The van der Waals surface area contributed by atoms with Crippen LogP contribution in [0.25, 0.3) is 0 Å². The minimum atomic E-state index is 0.0393. The van der Waals surface area contributed by atoms with Crippen molar-refractivity contribution in [1.82, 2.24) is 0 Å². The molecule has 0 aromatic heterocycles. The summed E-state index contributed by atoms with van der Waals surface area (Å²) < 4.78 is 0. The molecule has 0 aliphatic carbocycles. The van der Waals surface area contributed by atoms with Crippen LogP contribution in [-0.2, 0) is 0 Å². The van der Waals surface area contributed by atoms with Crippen molar-refractivity contribution in [1.29, 1.82) is 0 Å². The molecular weight excluding hydrogens is 206 g/mol. The van der Waals surface area contributed by atoms with Crippen LogP contribution in [0.3, 0.4) is 0 Å². The molecule has 0 bridgehead atoms. The monoisotopic (exact) mass is 223 g/mol. The van der Waals surface area contributed by atoms with E-state index in [1.54, 1.807) is 7.05 Å². The first-order chi connectivity index (χ1) is 7.83. The smallest absolute Gasteiger partial charge is 0.109 e. The number of rotatable bonds is 6. The fourth-order valence-corrected chi connectivity index (χ4v) is 1.52. The Morgan fingerprint density at radius 3 is 2.31 bits per heavy atom. The van der Waals surface area contributed by atoms with E-state index in [9.17, 15) is 0 Å². The molecule has 5 heteroatoms. The van der Waals surface area contributed by atoms with Gasteiger partial charge in [0.25, 0.3) is 0 Å². The van der Waals surface area contributed by atoms with Gasteiger partial charge >= 0.3 is 0 Å². The molecule has 1 aromatic rings. The van der Waals surface area contributed by atoms with Gasteiger partial charge in [-0.2, -0.15) is 10.2 Å². The summed E-state index contributed by atoms with van der Waals surface area (Å²) in [6, 6.07) is 7.52. The van der Waals surface area contributed by atoms with Crippen LogP contribution in [0.5, 0.6) is 0 Å². The molecule has 0 saturated heterocycles. The van der Waals surface area contributed by atoms with Crippen molar-refractivity contribution in [3.8, 4) is 0 Å². The van der Waals surface area contributed by atoms with Crippen LogP contribution in [0.4, 0.5) is 11.4 Å². The van der Waals surface area contributed by atoms with Gasteiger partial charge in [-0.05, 0) is 12.1 Å². The highest BCUT2D eigenvalue weighted by Gasteiger charge is 2.09. The van der Waals surface area contributed by atoms with Crippen LogP contribution < -0.4 is 4.90 Å². The predicted molar refractivity (Wildman–Crippen MR) is 63.3 cm³/mol. The first-order valence-corrected chi connectivity index (χ1v) is 5.19. The zero-order valence-electron chi connectivity index (χ0n) is 9.37. The summed E-state index contributed by atoms with van der Waals surface area (Å²) in [5.74, 6) is 0. The summed E-state index contributed by atoms with van der Waals surface area (Å²) >= 11 is 0. The number of azo groups is 1. The maximum absolute atomic E-state index is 8.97. The van der Waals surface area contributed by atoms with Crippen LogP contribution in [0.15, 0.2) is 34.5 Å². The van der Waals surface area contributed by atoms with Crippen LogP contribution in [0.2, 0.25) is 0 Å². The summed E-state index contributed by atoms with van der Waals surface area (Å²) in [5.41, 5.74) is 1.61. The Labute approximate surface area is 95.1 Å². The van der Waals surface area contributed by atoms with Crippen LogP contribution >= 0.6 is 0 Å². The van der Waals surface area contributed by atoms with E-state index in [1.807, 2.05) is 29.2 Å². The summed E-state index contributed by atoms with van der Waals surface area (Å²) in [7, 11) is 1.61. The highest BCUT2D eigenvalue weighted by molar-refractivity contribution is 5.66. The number of aliphatic hydroxyl groups excluding tert-OH is 2. The number of hydrogen-bond acceptors (Lipinski definition) is 5. The molecule has 0 saturated carbocycles. The molecule has 0 atom stereocenters. The van der Waals surface area contributed by atoms with Crippen molar-refractivity contribution in [2.75, 3.05) is 38.3 Å². The average Bonchev–Trinajstić information content (AvgIpc) is 2.30. The lowest BCUT2D eigenvalue weighted by atomic mass is 10.2. The second-order valence-electron chi connectivity index (χ2n) is 3.22. The number of benzene rings is 1. The third-order valence-electron chi connectivity index (χ3n) is 2.17. The summed E-state index contributed by atoms with van der Waals surface area (Å²) in [6.45, 7) is 1.02. The van der Waals surface area contributed by atoms with Gasteiger partial charge in [-0.25, -0.2) is 0 Å². The number of aliphatic hydroxyl groups is 2. The second-order valence-corrected chi connectivity index (χ2v) is 3.22. The van der Waals surface area contributed by atoms with Crippen molar-refractivity contribution >= 4 is 11.4 Å². The minimum Gasteiger partial charge on any atom is -0.395 e. The maximum Gasteiger partial charge on any atom is 0.109 e. The molecule has 0 spiro atoms. The first-order valence-electron chi connectivity index (χ1n) is 5.19. The Kier molecular flexibility index (Phi) is 5.45. The van der Waals surface area contributed by atoms with Crippen molar-refractivity contribution in [3.05, 3.63) is 24.3 Å². The number of para-hydroxylation sites is 1. The van der Waals surface area contributed by atoms with Crippen LogP contribution in [0.1, 0.15) is 0 Å². The number of nitrogens with zero attached hydrogens (tertiary/aromatic N) is 3. The lowest BCUT2D eigenvalue weighted by Gasteiger charge is -2.23. The van der Waals surface area contributed by atoms with Gasteiger partial charge in [-0.1, -0.05) is 12.1 Å². The van der Waals surface area contributed by atoms with Gasteiger partial charge in [0, 0.05) is 20.1 Å². The molecule has 0 heterocycles. The fraction of sp³-hybridized carbons (Fsp3) is 0.455. The van der Waals surface area contributed by atoms with Gasteiger partial charge < -0.3 is 15.1 Å². The van der Waals surface area contributed by atoms with Gasteiger partial charge in [-0.3, -0.25) is 0 Å². The molecule has 2 N–H and O–H groups in total. The fourth-order valence-electron chi connectivity index (χ4n) is 1.52. The molecule has 1 rings (SSSR count). The van der Waals surface area contributed by atoms with Gasteiger partial charge in [0.15, 0.2) is 0 Å². The molecule has 0 fully saturated rings. The van der Waals surface area contributed by atoms with Crippen molar-refractivity contribution in [2.24, 2.45) is 10.2 Å². The van der Waals surface area contributed by atoms with Crippen molar-refractivity contribution in [3.63, 3.8) is 0 Å². The summed E-state index contributed by atoms with van der Waals surface area (Å²) in [4.78, 5) is 1.88. The van der Waals surface area contributed by atoms with E-state index in [4.69, 9.17) is 10.2 Å². The topological polar surface area (TPSA) is 68.4 Å². The summed E-state index contributed by atoms with van der Waals surface area (Å²) in [6.07, 6.45) is 0. The quantitative estimate of drug-likeness (QED) is 0.712. The molecule has 0 aliphatic heterocycles. The van der Waals surface area contributed by atoms with E-state index in [0.717, 1.165) is 11.4 Å². The molecule has 0 aliphatic rings. The zero-order chi connectivity index (χ0) is 11.8. The molecular formula is C11H17N3O2. The zero-order valence-corrected chi connectivity index (χ0v) is 9.37. The lowest BCUT2D eigenvalue weighted by molar-refractivity contribution is 0.281. The largest absolute Gasteiger partial charge is 0.395 e. The normalized spacial score (nSPS) is 10.9. The van der Waals surface area contributed by atoms with Gasteiger partial charge in [0.1, 0.15) is 5.69 Å². The van der Waals surface area contributed by atoms with E-state index < -0.39 is 0 Å². The first kappa shape index (κ1) is 12.6. The Morgan fingerprint density at radius 1 is 1.12 bits per heavy atom. The van der Waals surface area contributed by atoms with Crippen LogP contribution in [-0.4, -0.2) is 43.6 Å². The van der Waals surface area contributed by atoms with E-state index >= 15 is 0 Å². The average molecular weight is 223 g/mol. The van der Waals surface area contributed by atoms with E-state index in [1.165, 1.54) is 0 Å². The number of hydrogen-bond donors (Lipinski definition) is 2. The van der Waals surface area contributed by atoms with E-state index in [2.05, 4.69) is 10.2 Å². The predicted octanol–water partition coefficient (Wildman–Crippen LogP) is 1.19. The molecule has 1 aromatic carbocycles. The van der Waals surface area contributed by atoms with Crippen molar-refractivity contribution in [2.45, 2.75) is 0 Å². The SMILES string of the molecule is CN=Nc1ccccc1N(CCO)CCO. The molecule has 0 amide bonds. The second kappa shape index (κ2) is 6.92. The lowest BCUT2D eigenvalue weighted by Crippen LogP contribution is -2.29. The molecule has 0 radical (unpaired) electrons. The standard InChI is InChI=1S/C11H17N3O2/c1-12-13-10-4-2-3-5-11(10)14(6-8-15)7-9-16/h2-5,15-16H,6-9H2,1H3. The van der Waals surface area contributed by atoms with Crippen LogP contribution in [0, 0.1) is 0 Å². The Bertz CT molecular complexity index is 336. The number of anilines is 1. The Morgan fingerprint density at radius 2 is 1.75 bits per heavy atom. The van der Waals surface area contributed by atoms with Crippen molar-refractivity contribution < 1.29 is 10.2 Å². The van der Waals surface area contributed by atoms with Gasteiger partial charge in [-0.15, -0.1) is 0 Å². The van der Waals surface area contributed by atoms with E-state index in [-0.39, 0.29) is 13.2 Å². The molecule has 16 heavy (non-hydrogen) atoms. The Hall–Kier alpha value is -1.46. The van der Waals surface area contributed by atoms with E-state index in [0.29, 0.717) is 13.1 Å². The third kappa shape index (κ3) is 3.29. The highest BCUT2D eigenvalue weighted by Crippen LogP contribution is 2.28. The van der Waals surface area contributed by atoms with Gasteiger partial charge in [0.2, 0.25) is 0 Å². The highest BCUT2D eigenvalue weighted by atomic mass is 16.3. The maximum atomic E-state index is 8.97. The third-order valence-corrected chi connectivity index (χ3v) is 2.17.